The predicted octanol–water partition coefficient (Wildman–Crippen LogP) is 6.42. The molecule has 0 bridgehead atoms. The first-order valence-corrected chi connectivity index (χ1v) is 12.3. The highest BCUT2D eigenvalue weighted by Crippen LogP contribution is 2.33. The Labute approximate surface area is 217 Å². The largest absolute Gasteiger partial charge is 0.337 e. The summed E-state index contributed by atoms with van der Waals surface area (Å²) in [5.74, 6) is 0.252. The van der Waals surface area contributed by atoms with Gasteiger partial charge in [-0.1, -0.05) is 25.1 Å². The number of halogens is 1. The van der Waals surface area contributed by atoms with E-state index in [0.29, 0.717) is 29.3 Å². The van der Waals surface area contributed by atoms with Crippen LogP contribution in [0, 0.1) is 12.7 Å². The van der Waals surface area contributed by atoms with Gasteiger partial charge >= 0.3 is 0 Å². The number of aromatic nitrogens is 6. The lowest BCUT2D eigenvalue weighted by Crippen LogP contribution is -2.10. The number of rotatable bonds is 6. The maximum Gasteiger partial charge on any atom is 0.224 e. The van der Waals surface area contributed by atoms with Crippen molar-refractivity contribution in [3.63, 3.8) is 0 Å². The lowest BCUT2D eigenvalue weighted by Gasteiger charge is -2.06. The molecule has 6 aromatic rings. The molecule has 0 aliphatic heterocycles. The van der Waals surface area contributed by atoms with Gasteiger partial charge in [0.25, 0.3) is 0 Å². The summed E-state index contributed by atoms with van der Waals surface area (Å²) in [6.45, 7) is 3.83. The van der Waals surface area contributed by atoms with Crippen molar-refractivity contribution in [2.45, 2.75) is 26.7 Å². The van der Waals surface area contributed by atoms with Crippen LogP contribution >= 0.6 is 0 Å². The van der Waals surface area contributed by atoms with Crippen LogP contribution in [0.5, 0.6) is 0 Å². The molecule has 4 heterocycles. The van der Waals surface area contributed by atoms with Crippen LogP contribution in [-0.4, -0.2) is 36.0 Å². The van der Waals surface area contributed by atoms with Gasteiger partial charge in [0.15, 0.2) is 5.82 Å². The topological polar surface area (TPSA) is 112 Å². The number of nitrogens with zero attached hydrogens (tertiary/aromatic N) is 4. The molecule has 0 spiro atoms. The number of aryl methyl sites for hydroxylation is 1. The van der Waals surface area contributed by atoms with Gasteiger partial charge < -0.3 is 10.3 Å². The van der Waals surface area contributed by atoms with Crippen molar-refractivity contribution in [1.29, 1.82) is 0 Å². The van der Waals surface area contributed by atoms with Gasteiger partial charge in [-0.2, -0.15) is 5.10 Å². The molecule has 2 aromatic carbocycles. The minimum atomic E-state index is -0.283. The SMILES string of the molecule is CCCC(=O)Nc1cncc(-c2cc3c(-c4nc5c(-c6cc(C)cc(F)c6)cccc5[nH]4)n[nH]c3cn2)c1. The molecular weight excluding hydrogens is 481 g/mol. The second-order valence-corrected chi connectivity index (χ2v) is 9.25. The second kappa shape index (κ2) is 9.51. The molecule has 9 heteroatoms. The molecule has 38 heavy (non-hydrogen) atoms. The number of carbonyl (C=O) groups excluding carboxylic acids is 1. The number of amides is 1. The van der Waals surface area contributed by atoms with Crippen molar-refractivity contribution in [2.75, 3.05) is 5.32 Å². The number of carbonyl (C=O) groups is 1. The van der Waals surface area contributed by atoms with Crippen LogP contribution in [0.15, 0.2) is 67.1 Å². The zero-order valence-corrected chi connectivity index (χ0v) is 20.8. The highest BCUT2D eigenvalue weighted by molar-refractivity contribution is 5.98. The fraction of sp³-hybridized carbons (Fsp3) is 0.138. The number of benzene rings is 2. The summed E-state index contributed by atoms with van der Waals surface area (Å²) in [6.07, 6.45) is 6.26. The van der Waals surface area contributed by atoms with Gasteiger partial charge in [0, 0.05) is 29.1 Å². The summed E-state index contributed by atoms with van der Waals surface area (Å²) in [4.78, 5) is 29.1. The summed E-state index contributed by atoms with van der Waals surface area (Å²) in [7, 11) is 0. The Balaban J connectivity index is 1.41. The smallest absolute Gasteiger partial charge is 0.224 e. The van der Waals surface area contributed by atoms with E-state index in [-0.39, 0.29) is 11.7 Å². The monoisotopic (exact) mass is 505 g/mol. The first kappa shape index (κ1) is 23.5. The Morgan fingerprint density at radius 3 is 2.76 bits per heavy atom. The Hall–Kier alpha value is -4.92. The third-order valence-electron chi connectivity index (χ3n) is 6.33. The van der Waals surface area contributed by atoms with Crippen molar-refractivity contribution in [1.82, 2.24) is 30.1 Å². The van der Waals surface area contributed by atoms with E-state index in [4.69, 9.17) is 4.98 Å². The molecule has 0 saturated heterocycles. The van der Waals surface area contributed by atoms with Crippen molar-refractivity contribution in [3.8, 4) is 33.9 Å². The summed E-state index contributed by atoms with van der Waals surface area (Å²) in [5, 5.41) is 11.2. The average Bonchev–Trinajstić information content (AvgIpc) is 3.52. The van der Waals surface area contributed by atoms with Gasteiger partial charge in [-0.15, -0.1) is 0 Å². The lowest BCUT2D eigenvalue weighted by atomic mass is 10.0. The Morgan fingerprint density at radius 2 is 1.92 bits per heavy atom. The van der Waals surface area contributed by atoms with Gasteiger partial charge in [0.05, 0.1) is 40.3 Å². The number of para-hydroxylation sites is 1. The number of fused-ring (bicyclic) bond motifs is 2. The van der Waals surface area contributed by atoms with Gasteiger partial charge in [-0.25, -0.2) is 9.37 Å². The van der Waals surface area contributed by atoms with Crippen LogP contribution in [0.1, 0.15) is 25.3 Å². The number of hydrogen-bond donors (Lipinski definition) is 3. The molecule has 8 nitrogen and oxygen atoms in total. The third kappa shape index (κ3) is 4.39. The van der Waals surface area contributed by atoms with Crippen LogP contribution in [0.25, 0.3) is 55.8 Å². The molecule has 6 rings (SSSR count). The van der Waals surface area contributed by atoms with E-state index in [1.54, 1.807) is 18.6 Å². The molecule has 0 fully saturated rings. The summed E-state index contributed by atoms with van der Waals surface area (Å²) in [6, 6.07) is 14.5. The minimum absolute atomic E-state index is 0.0513. The fourth-order valence-electron chi connectivity index (χ4n) is 4.62. The number of pyridine rings is 2. The van der Waals surface area contributed by atoms with E-state index in [1.165, 1.54) is 12.1 Å². The molecule has 0 saturated carbocycles. The van der Waals surface area contributed by atoms with E-state index < -0.39 is 0 Å². The first-order valence-electron chi connectivity index (χ1n) is 12.3. The van der Waals surface area contributed by atoms with Crippen LogP contribution in [0.4, 0.5) is 10.1 Å². The predicted molar refractivity (Wildman–Crippen MR) is 146 cm³/mol. The first-order chi connectivity index (χ1) is 18.5. The van der Waals surface area contributed by atoms with E-state index in [9.17, 15) is 9.18 Å². The van der Waals surface area contributed by atoms with Crippen molar-refractivity contribution < 1.29 is 9.18 Å². The van der Waals surface area contributed by atoms with Gasteiger partial charge in [0.1, 0.15) is 11.5 Å². The normalized spacial score (nSPS) is 11.3. The Kier molecular flexibility index (Phi) is 5.88. The van der Waals surface area contributed by atoms with Gasteiger partial charge in [0.2, 0.25) is 5.91 Å². The number of hydrogen-bond acceptors (Lipinski definition) is 5. The van der Waals surface area contributed by atoms with Crippen LogP contribution in [0.3, 0.4) is 0 Å². The zero-order chi connectivity index (χ0) is 26.2. The van der Waals surface area contributed by atoms with E-state index in [0.717, 1.165) is 50.6 Å². The molecule has 0 aliphatic carbocycles. The quantitative estimate of drug-likeness (QED) is 0.242. The van der Waals surface area contributed by atoms with Crippen LogP contribution in [0.2, 0.25) is 0 Å². The highest BCUT2D eigenvalue weighted by Gasteiger charge is 2.17. The third-order valence-corrected chi connectivity index (χ3v) is 6.33. The summed E-state index contributed by atoms with van der Waals surface area (Å²) < 4.78 is 14.1. The molecule has 4 aromatic heterocycles. The number of imidazole rings is 1. The van der Waals surface area contributed by atoms with Gasteiger partial charge in [-0.3, -0.25) is 19.9 Å². The average molecular weight is 506 g/mol. The number of H-pyrrole nitrogens is 2. The molecule has 1 amide bonds. The Bertz CT molecular complexity index is 1800. The number of anilines is 1. The molecule has 0 aliphatic rings. The second-order valence-electron chi connectivity index (χ2n) is 9.25. The minimum Gasteiger partial charge on any atom is -0.337 e. The van der Waals surface area contributed by atoms with Crippen molar-refractivity contribution in [2.24, 2.45) is 0 Å². The molecule has 0 radical (unpaired) electrons. The van der Waals surface area contributed by atoms with Crippen LogP contribution in [-0.2, 0) is 4.79 Å². The lowest BCUT2D eigenvalue weighted by molar-refractivity contribution is -0.116. The Morgan fingerprint density at radius 1 is 1.03 bits per heavy atom. The number of nitrogens with one attached hydrogen (secondary N) is 3. The summed E-state index contributed by atoms with van der Waals surface area (Å²) in [5.41, 5.74) is 7.47. The van der Waals surface area contributed by atoms with E-state index in [1.807, 2.05) is 50.2 Å². The van der Waals surface area contributed by atoms with Gasteiger partial charge in [-0.05, 0) is 54.8 Å². The standard InChI is InChI=1S/C29H24FN7O/c1-3-5-26(38)33-20-11-18(13-31-14-20)24-12-22-25(15-32-24)36-37-28(22)29-34-23-7-4-6-21(27(23)35-29)17-8-16(2)9-19(30)10-17/h4,6-15H,3,5H2,1-2H3,(H,33,38)(H,34,35)(H,36,37). The highest BCUT2D eigenvalue weighted by atomic mass is 19.1. The fourth-order valence-corrected chi connectivity index (χ4v) is 4.62. The molecule has 188 valence electrons. The van der Waals surface area contributed by atoms with Crippen LogP contribution < -0.4 is 5.32 Å². The van der Waals surface area contributed by atoms with E-state index in [2.05, 4.69) is 30.5 Å². The molecule has 0 atom stereocenters. The van der Waals surface area contributed by atoms with E-state index >= 15 is 0 Å². The van der Waals surface area contributed by atoms with Crippen molar-refractivity contribution >= 4 is 33.5 Å². The number of aromatic amines is 2. The maximum absolute atomic E-state index is 14.1. The zero-order valence-electron chi connectivity index (χ0n) is 20.8. The molecule has 0 unspecified atom stereocenters. The maximum atomic E-state index is 14.1. The summed E-state index contributed by atoms with van der Waals surface area (Å²) >= 11 is 0. The van der Waals surface area contributed by atoms with Crippen molar-refractivity contribution in [3.05, 3.63) is 78.5 Å². The molecule has 3 N–H and O–H groups in total. The molecular formula is C29H24FN7O.